The fraction of sp³-hybridized carbons (Fsp3) is 0.636. The maximum atomic E-state index is 5.95. The first-order valence-electron chi connectivity index (χ1n) is 5.28. The first-order valence-corrected chi connectivity index (χ1v) is 6.23. The Balaban J connectivity index is 1.79. The highest BCUT2D eigenvalue weighted by Crippen LogP contribution is 2.15. The first-order chi connectivity index (χ1) is 7.25. The zero-order chi connectivity index (χ0) is 10.7. The molecule has 1 fully saturated rings. The Hall–Kier alpha value is -0.420. The molecule has 15 heavy (non-hydrogen) atoms. The highest BCUT2D eigenvalue weighted by atomic mass is 32.1. The monoisotopic (exact) mass is 226 g/mol. The summed E-state index contributed by atoms with van der Waals surface area (Å²) in [5.41, 5.74) is 7.34. The lowest BCUT2D eigenvalue weighted by atomic mass is 10.0. The van der Waals surface area contributed by atoms with Crippen molar-refractivity contribution in [1.82, 2.24) is 4.90 Å². The summed E-state index contributed by atoms with van der Waals surface area (Å²) in [6, 6.07) is 2.39. The largest absolute Gasteiger partial charge is 0.379 e. The van der Waals surface area contributed by atoms with Crippen molar-refractivity contribution in [2.24, 2.45) is 11.7 Å². The van der Waals surface area contributed by atoms with Gasteiger partial charge in [-0.05, 0) is 29.4 Å². The topological polar surface area (TPSA) is 38.5 Å². The highest BCUT2D eigenvalue weighted by Gasteiger charge is 2.25. The maximum absolute atomic E-state index is 5.95. The molecule has 1 aromatic heterocycles. The molecular weight excluding hydrogens is 208 g/mol. The summed E-state index contributed by atoms with van der Waals surface area (Å²) in [6.07, 6.45) is 0. The van der Waals surface area contributed by atoms with E-state index < -0.39 is 0 Å². The molecule has 3 nitrogen and oxygen atoms in total. The van der Waals surface area contributed by atoms with E-state index in [1.807, 2.05) is 0 Å². The highest BCUT2D eigenvalue weighted by molar-refractivity contribution is 7.07. The zero-order valence-electron chi connectivity index (χ0n) is 9.06. The van der Waals surface area contributed by atoms with Gasteiger partial charge in [0.05, 0.1) is 13.2 Å². The smallest absolute Gasteiger partial charge is 0.0621 e. The van der Waals surface area contributed by atoms with E-state index in [9.17, 15) is 0 Å². The van der Waals surface area contributed by atoms with Gasteiger partial charge in [-0.25, -0.2) is 0 Å². The summed E-state index contributed by atoms with van der Waals surface area (Å²) < 4.78 is 5.36. The molecule has 2 atom stereocenters. The lowest BCUT2D eigenvalue weighted by Gasteiger charge is -2.21. The van der Waals surface area contributed by atoms with Gasteiger partial charge in [0.15, 0.2) is 0 Å². The van der Waals surface area contributed by atoms with Gasteiger partial charge in [0, 0.05) is 25.0 Å². The number of hydrogen-bond donors (Lipinski definition) is 1. The molecule has 0 saturated carbocycles. The molecule has 0 radical (unpaired) electrons. The van der Waals surface area contributed by atoms with Crippen molar-refractivity contribution < 1.29 is 4.74 Å². The number of ether oxygens (including phenoxy) is 1. The minimum absolute atomic E-state index is 0.218. The number of rotatable bonds is 4. The van der Waals surface area contributed by atoms with Crippen LogP contribution >= 0.6 is 11.3 Å². The van der Waals surface area contributed by atoms with Crippen molar-refractivity contribution in [2.75, 3.05) is 26.8 Å². The van der Waals surface area contributed by atoms with Gasteiger partial charge in [-0.1, -0.05) is 0 Å². The second kappa shape index (κ2) is 5.07. The number of thiophene rings is 1. The second-order valence-corrected chi connectivity index (χ2v) is 5.07. The van der Waals surface area contributed by atoms with E-state index >= 15 is 0 Å². The van der Waals surface area contributed by atoms with Crippen LogP contribution in [0.3, 0.4) is 0 Å². The lowest BCUT2D eigenvalue weighted by molar-refractivity contribution is 0.172. The molecule has 0 bridgehead atoms. The fourth-order valence-corrected chi connectivity index (χ4v) is 2.62. The van der Waals surface area contributed by atoms with Crippen LogP contribution in [0.1, 0.15) is 5.56 Å². The van der Waals surface area contributed by atoms with Crippen LogP contribution in [0.5, 0.6) is 0 Å². The lowest BCUT2D eigenvalue weighted by Crippen LogP contribution is -2.36. The van der Waals surface area contributed by atoms with Crippen molar-refractivity contribution in [3.05, 3.63) is 22.4 Å². The van der Waals surface area contributed by atoms with Gasteiger partial charge in [0.2, 0.25) is 0 Å². The molecule has 2 unspecified atom stereocenters. The van der Waals surface area contributed by atoms with Crippen LogP contribution in [0, 0.1) is 5.92 Å². The van der Waals surface area contributed by atoms with Crippen LogP contribution in [-0.4, -0.2) is 37.7 Å². The normalized spacial score (nSPS) is 26.3. The van der Waals surface area contributed by atoms with E-state index in [2.05, 4.69) is 28.8 Å². The predicted octanol–water partition coefficient (Wildman–Crippen LogP) is 1.15. The van der Waals surface area contributed by atoms with Crippen LogP contribution in [0.4, 0.5) is 0 Å². The van der Waals surface area contributed by atoms with Crippen LogP contribution in [-0.2, 0) is 11.3 Å². The third-order valence-corrected chi connectivity index (χ3v) is 3.56. The number of nitrogens with two attached hydrogens (primary N) is 1. The third-order valence-electron chi connectivity index (χ3n) is 2.83. The van der Waals surface area contributed by atoms with Gasteiger partial charge < -0.3 is 15.4 Å². The predicted molar refractivity (Wildman–Crippen MR) is 62.9 cm³/mol. The van der Waals surface area contributed by atoms with Gasteiger partial charge in [-0.3, -0.25) is 0 Å². The van der Waals surface area contributed by atoms with Gasteiger partial charge >= 0.3 is 0 Å². The zero-order valence-corrected chi connectivity index (χ0v) is 9.87. The summed E-state index contributed by atoms with van der Waals surface area (Å²) in [5, 5.41) is 4.31. The van der Waals surface area contributed by atoms with E-state index in [0.717, 1.165) is 26.3 Å². The van der Waals surface area contributed by atoms with Crippen LogP contribution in [0.25, 0.3) is 0 Å². The SMILES string of the molecule is CN(Cc1ccsc1)CC1COCC1N. The fourth-order valence-electron chi connectivity index (χ4n) is 1.96. The quantitative estimate of drug-likeness (QED) is 0.837. The van der Waals surface area contributed by atoms with E-state index in [4.69, 9.17) is 10.5 Å². The summed E-state index contributed by atoms with van der Waals surface area (Å²) >= 11 is 1.75. The van der Waals surface area contributed by atoms with Crippen LogP contribution in [0.15, 0.2) is 16.8 Å². The Morgan fingerprint density at radius 1 is 1.60 bits per heavy atom. The molecule has 0 aromatic carbocycles. The summed E-state index contributed by atoms with van der Waals surface area (Å²) in [4.78, 5) is 2.32. The van der Waals surface area contributed by atoms with E-state index in [1.165, 1.54) is 5.56 Å². The third kappa shape index (κ3) is 3.01. The molecule has 1 aliphatic heterocycles. The molecule has 0 aliphatic carbocycles. The number of nitrogens with zero attached hydrogens (tertiary/aromatic N) is 1. The molecule has 0 amide bonds. The maximum Gasteiger partial charge on any atom is 0.0621 e. The van der Waals surface area contributed by atoms with Crippen LogP contribution < -0.4 is 5.73 Å². The Kier molecular flexibility index (Phi) is 3.75. The second-order valence-electron chi connectivity index (χ2n) is 4.29. The van der Waals surface area contributed by atoms with Crippen molar-refractivity contribution in [3.8, 4) is 0 Å². The molecule has 2 rings (SSSR count). The van der Waals surface area contributed by atoms with Crippen molar-refractivity contribution in [2.45, 2.75) is 12.6 Å². The molecule has 1 aromatic rings. The van der Waals surface area contributed by atoms with E-state index in [0.29, 0.717) is 5.92 Å². The van der Waals surface area contributed by atoms with E-state index in [-0.39, 0.29) is 6.04 Å². The minimum atomic E-state index is 0.218. The van der Waals surface area contributed by atoms with Gasteiger partial charge in [0.25, 0.3) is 0 Å². The average molecular weight is 226 g/mol. The van der Waals surface area contributed by atoms with Crippen molar-refractivity contribution in [1.29, 1.82) is 0 Å². The van der Waals surface area contributed by atoms with Crippen molar-refractivity contribution in [3.63, 3.8) is 0 Å². The Labute approximate surface area is 94.8 Å². The molecular formula is C11H18N2OS. The van der Waals surface area contributed by atoms with E-state index in [1.54, 1.807) is 11.3 Å². The van der Waals surface area contributed by atoms with Gasteiger partial charge in [0.1, 0.15) is 0 Å². The Bertz CT molecular complexity index is 289. The average Bonchev–Trinajstić information content (AvgIpc) is 2.79. The Morgan fingerprint density at radius 2 is 2.47 bits per heavy atom. The minimum Gasteiger partial charge on any atom is -0.379 e. The molecule has 2 N–H and O–H groups in total. The summed E-state index contributed by atoms with van der Waals surface area (Å²) in [5.74, 6) is 0.494. The molecule has 1 aliphatic rings. The van der Waals surface area contributed by atoms with Gasteiger partial charge in [-0.2, -0.15) is 11.3 Å². The molecule has 4 heteroatoms. The summed E-state index contributed by atoms with van der Waals surface area (Å²) in [6.45, 7) is 3.57. The summed E-state index contributed by atoms with van der Waals surface area (Å²) in [7, 11) is 2.14. The standard InChI is InChI=1S/C11H18N2OS/c1-13(4-9-2-3-15-8-9)5-10-6-14-7-11(10)12/h2-3,8,10-11H,4-7,12H2,1H3. The first kappa shape index (κ1) is 11.1. The van der Waals surface area contributed by atoms with Crippen molar-refractivity contribution >= 4 is 11.3 Å². The number of hydrogen-bond acceptors (Lipinski definition) is 4. The van der Waals surface area contributed by atoms with Gasteiger partial charge in [-0.15, -0.1) is 0 Å². The molecule has 2 heterocycles. The molecule has 0 spiro atoms. The van der Waals surface area contributed by atoms with Crippen LogP contribution in [0.2, 0.25) is 0 Å². The Morgan fingerprint density at radius 3 is 3.07 bits per heavy atom. The molecule has 1 saturated heterocycles. The molecule has 84 valence electrons.